The number of benzene rings is 2. The topological polar surface area (TPSA) is 77.6 Å². The van der Waals surface area contributed by atoms with Crippen LogP contribution in [0.3, 0.4) is 0 Å². The first-order chi connectivity index (χ1) is 13.2. The number of fused-ring (bicyclic) bond motifs is 1. The van der Waals surface area contributed by atoms with Gasteiger partial charge in [0.05, 0.1) is 17.4 Å². The van der Waals surface area contributed by atoms with Gasteiger partial charge in [-0.1, -0.05) is 54.1 Å². The minimum atomic E-state index is -0.388. The van der Waals surface area contributed by atoms with Gasteiger partial charge >= 0.3 is 0 Å². The molecular weight excluding hydrogens is 360 g/mol. The number of aliphatic imine (C=N–C) groups is 2. The van der Waals surface area contributed by atoms with Gasteiger partial charge in [-0.05, 0) is 23.3 Å². The van der Waals surface area contributed by atoms with E-state index in [2.05, 4.69) is 10.3 Å². The quantitative estimate of drug-likeness (QED) is 0.850. The van der Waals surface area contributed by atoms with Crippen LogP contribution in [0.5, 0.6) is 0 Å². The van der Waals surface area contributed by atoms with Gasteiger partial charge in [0.1, 0.15) is 16.8 Å². The second-order valence-corrected chi connectivity index (χ2v) is 6.75. The van der Waals surface area contributed by atoms with Crippen LogP contribution in [0.25, 0.3) is 5.57 Å². The minimum Gasteiger partial charge on any atom is -0.343 e. The summed E-state index contributed by atoms with van der Waals surface area (Å²) in [5.41, 5.74) is 3.88. The van der Waals surface area contributed by atoms with Gasteiger partial charge < -0.3 is 5.32 Å². The SMILES string of the molecule is N#CC1=C(c2ccccc2)CC(C2=Nc3ccccc3N=C(Cl)C2)NC1=O. The summed E-state index contributed by atoms with van der Waals surface area (Å²) in [6.45, 7) is 0. The number of carbonyl (C=O) groups excluding carboxylic acids is 1. The Morgan fingerprint density at radius 3 is 2.41 bits per heavy atom. The number of nitriles is 1. The molecule has 2 heterocycles. The van der Waals surface area contributed by atoms with Gasteiger partial charge in [0.15, 0.2) is 0 Å². The molecule has 4 rings (SSSR count). The van der Waals surface area contributed by atoms with Gasteiger partial charge in [0, 0.05) is 18.6 Å². The number of carbonyl (C=O) groups is 1. The number of hydrogen-bond acceptors (Lipinski definition) is 4. The Bertz CT molecular complexity index is 1050. The first-order valence-corrected chi connectivity index (χ1v) is 8.92. The van der Waals surface area contributed by atoms with Crippen molar-refractivity contribution in [1.29, 1.82) is 5.26 Å². The zero-order chi connectivity index (χ0) is 18.8. The first kappa shape index (κ1) is 17.2. The molecule has 0 aliphatic carbocycles. The second-order valence-electron chi connectivity index (χ2n) is 6.32. The molecule has 1 atom stereocenters. The van der Waals surface area contributed by atoms with Gasteiger partial charge in [-0.15, -0.1) is 0 Å². The molecule has 27 heavy (non-hydrogen) atoms. The number of halogens is 1. The van der Waals surface area contributed by atoms with Gasteiger partial charge in [-0.25, -0.2) is 4.99 Å². The molecule has 2 aliphatic heterocycles. The molecule has 0 saturated heterocycles. The van der Waals surface area contributed by atoms with E-state index in [9.17, 15) is 10.1 Å². The van der Waals surface area contributed by atoms with Crippen molar-refractivity contribution in [3.8, 4) is 6.07 Å². The summed E-state index contributed by atoms with van der Waals surface area (Å²) in [6.07, 6.45) is 0.828. The summed E-state index contributed by atoms with van der Waals surface area (Å²) in [7, 11) is 0. The molecule has 0 spiro atoms. The average Bonchev–Trinajstić information content (AvgIpc) is 2.86. The Hall–Kier alpha value is -3.23. The molecule has 0 radical (unpaired) electrons. The maximum atomic E-state index is 12.6. The van der Waals surface area contributed by atoms with E-state index >= 15 is 0 Å². The van der Waals surface area contributed by atoms with E-state index in [0.29, 0.717) is 29.4 Å². The third-order valence-electron chi connectivity index (χ3n) is 4.59. The van der Waals surface area contributed by atoms with Crippen molar-refractivity contribution in [2.75, 3.05) is 0 Å². The lowest BCUT2D eigenvalue weighted by atomic mass is 9.88. The predicted molar refractivity (Wildman–Crippen MR) is 107 cm³/mol. The van der Waals surface area contributed by atoms with Crippen molar-refractivity contribution in [2.45, 2.75) is 18.9 Å². The van der Waals surface area contributed by atoms with E-state index in [1.165, 1.54) is 0 Å². The van der Waals surface area contributed by atoms with Crippen LogP contribution in [0, 0.1) is 11.3 Å². The van der Waals surface area contributed by atoms with Crippen molar-refractivity contribution in [3.05, 3.63) is 65.7 Å². The number of amides is 1. The highest BCUT2D eigenvalue weighted by atomic mass is 35.5. The fourth-order valence-electron chi connectivity index (χ4n) is 3.31. The zero-order valence-corrected chi connectivity index (χ0v) is 15.1. The van der Waals surface area contributed by atoms with Gasteiger partial charge in [0.2, 0.25) is 0 Å². The summed E-state index contributed by atoms with van der Waals surface area (Å²) < 4.78 is 0. The molecule has 1 unspecified atom stereocenters. The number of rotatable bonds is 2. The highest BCUT2D eigenvalue weighted by Gasteiger charge is 2.31. The van der Waals surface area contributed by atoms with E-state index in [4.69, 9.17) is 16.6 Å². The van der Waals surface area contributed by atoms with Crippen LogP contribution < -0.4 is 5.32 Å². The van der Waals surface area contributed by atoms with Crippen LogP contribution in [0.2, 0.25) is 0 Å². The standard InChI is InChI=1S/C21H15ClN4O/c22-20-11-19(24-16-8-4-5-9-17(16)25-20)18-10-14(13-6-2-1-3-7-13)15(12-23)21(27)26-18/h1-9,18H,10-11H2,(H,26,27). The summed E-state index contributed by atoms with van der Waals surface area (Å²) in [5, 5.41) is 12.8. The average molecular weight is 375 g/mol. The van der Waals surface area contributed by atoms with E-state index in [1.807, 2.05) is 60.7 Å². The number of nitrogens with zero attached hydrogens (tertiary/aromatic N) is 3. The molecule has 0 fully saturated rings. The Labute approximate surface area is 161 Å². The third-order valence-corrected chi connectivity index (χ3v) is 4.81. The molecule has 0 bridgehead atoms. The first-order valence-electron chi connectivity index (χ1n) is 8.55. The Balaban J connectivity index is 1.75. The molecule has 0 saturated carbocycles. The van der Waals surface area contributed by atoms with E-state index in [0.717, 1.165) is 16.8 Å². The van der Waals surface area contributed by atoms with E-state index in [1.54, 1.807) is 0 Å². The minimum absolute atomic E-state index is 0.145. The smallest absolute Gasteiger partial charge is 0.262 e. The zero-order valence-electron chi connectivity index (χ0n) is 14.3. The molecular formula is C21H15ClN4O. The molecule has 6 heteroatoms. The number of para-hydroxylation sites is 2. The highest BCUT2D eigenvalue weighted by Crippen LogP contribution is 2.34. The number of hydrogen-bond donors (Lipinski definition) is 1. The van der Waals surface area contributed by atoms with Crippen LogP contribution in [0.1, 0.15) is 18.4 Å². The fraction of sp³-hybridized carbons (Fsp3) is 0.143. The molecule has 132 valence electrons. The second kappa shape index (κ2) is 7.18. The maximum Gasteiger partial charge on any atom is 0.262 e. The van der Waals surface area contributed by atoms with Gasteiger partial charge in [0.25, 0.3) is 5.91 Å². The Morgan fingerprint density at radius 1 is 1.04 bits per heavy atom. The molecule has 2 aromatic carbocycles. The normalized spacial score (nSPS) is 19.3. The molecule has 2 aliphatic rings. The lowest BCUT2D eigenvalue weighted by Gasteiger charge is -2.27. The van der Waals surface area contributed by atoms with Crippen LogP contribution >= 0.6 is 11.6 Å². The highest BCUT2D eigenvalue weighted by molar-refractivity contribution is 6.67. The predicted octanol–water partition coefficient (Wildman–Crippen LogP) is 4.30. The van der Waals surface area contributed by atoms with Crippen molar-refractivity contribution >= 4 is 45.3 Å². The maximum absolute atomic E-state index is 12.6. The van der Waals surface area contributed by atoms with Crippen molar-refractivity contribution in [1.82, 2.24) is 5.32 Å². The summed E-state index contributed by atoms with van der Waals surface area (Å²) in [6, 6.07) is 18.7. The van der Waals surface area contributed by atoms with Crippen molar-refractivity contribution in [3.63, 3.8) is 0 Å². The van der Waals surface area contributed by atoms with Crippen LogP contribution in [0.4, 0.5) is 11.4 Å². The largest absolute Gasteiger partial charge is 0.343 e. The summed E-state index contributed by atoms with van der Waals surface area (Å²) in [5.74, 6) is -0.388. The summed E-state index contributed by atoms with van der Waals surface area (Å²) in [4.78, 5) is 21.7. The molecule has 1 N–H and O–H groups in total. The van der Waals surface area contributed by atoms with Crippen LogP contribution in [-0.2, 0) is 4.79 Å². The Morgan fingerprint density at radius 2 is 1.70 bits per heavy atom. The Kier molecular flexibility index (Phi) is 4.57. The van der Waals surface area contributed by atoms with Crippen LogP contribution in [0.15, 0.2) is 70.2 Å². The summed E-state index contributed by atoms with van der Waals surface area (Å²) >= 11 is 6.30. The van der Waals surface area contributed by atoms with Gasteiger partial charge in [-0.2, -0.15) is 5.26 Å². The monoisotopic (exact) mass is 374 g/mol. The third kappa shape index (κ3) is 3.40. The lowest BCUT2D eigenvalue weighted by Crippen LogP contribution is -2.45. The fourth-order valence-corrected chi connectivity index (χ4v) is 3.54. The lowest BCUT2D eigenvalue weighted by molar-refractivity contribution is -0.117. The molecule has 5 nitrogen and oxygen atoms in total. The van der Waals surface area contributed by atoms with E-state index in [-0.39, 0.29) is 17.5 Å². The number of nitrogens with one attached hydrogen (secondary N) is 1. The molecule has 1 amide bonds. The van der Waals surface area contributed by atoms with Crippen LogP contribution in [-0.4, -0.2) is 22.8 Å². The van der Waals surface area contributed by atoms with Gasteiger partial charge in [-0.3, -0.25) is 9.79 Å². The molecule has 2 aromatic rings. The van der Waals surface area contributed by atoms with Crippen molar-refractivity contribution in [2.24, 2.45) is 9.98 Å². The van der Waals surface area contributed by atoms with Crippen molar-refractivity contribution < 1.29 is 4.79 Å². The van der Waals surface area contributed by atoms with E-state index < -0.39 is 0 Å². The molecule has 0 aromatic heterocycles.